The molecule has 0 aromatic heterocycles. The zero-order valence-electron chi connectivity index (χ0n) is 23.2. The molecule has 7 nitrogen and oxygen atoms in total. The number of esters is 2. The van der Waals surface area contributed by atoms with E-state index in [1.807, 2.05) is 98.8 Å². The Balaban J connectivity index is 1.68. The molecule has 1 amide bonds. The summed E-state index contributed by atoms with van der Waals surface area (Å²) >= 11 is 0. The van der Waals surface area contributed by atoms with Crippen molar-refractivity contribution in [2.75, 3.05) is 0 Å². The van der Waals surface area contributed by atoms with Crippen molar-refractivity contribution >= 4 is 18.0 Å². The Kier molecular flexibility index (Phi) is 9.88. The molecule has 39 heavy (non-hydrogen) atoms. The van der Waals surface area contributed by atoms with Crippen LogP contribution in [-0.4, -0.2) is 29.7 Å². The molecule has 0 radical (unpaired) electrons. The number of carbonyl (C=O) groups excluding carboxylic acids is 3. The Morgan fingerprint density at radius 1 is 0.692 bits per heavy atom. The number of amides is 1. The number of ether oxygens (including phenoxy) is 3. The van der Waals surface area contributed by atoms with Crippen LogP contribution in [0.5, 0.6) is 0 Å². The van der Waals surface area contributed by atoms with E-state index in [1.54, 1.807) is 20.8 Å². The molecule has 7 heteroatoms. The van der Waals surface area contributed by atoms with Gasteiger partial charge in [0.2, 0.25) is 0 Å². The monoisotopic (exact) mass is 531 g/mol. The Labute approximate surface area is 230 Å². The van der Waals surface area contributed by atoms with E-state index < -0.39 is 29.1 Å². The van der Waals surface area contributed by atoms with Crippen LogP contribution in [0.1, 0.15) is 56.9 Å². The highest BCUT2D eigenvalue weighted by Gasteiger charge is 2.32. The van der Waals surface area contributed by atoms with Crippen molar-refractivity contribution in [3.8, 4) is 0 Å². The van der Waals surface area contributed by atoms with Crippen LogP contribution >= 0.6 is 0 Å². The molecule has 3 aromatic carbocycles. The molecule has 3 rings (SSSR count). The minimum Gasteiger partial charge on any atom is -0.460 e. The number of hydrogen-bond acceptors (Lipinski definition) is 6. The third-order valence-corrected chi connectivity index (χ3v) is 6.04. The van der Waals surface area contributed by atoms with E-state index in [9.17, 15) is 14.4 Å². The Morgan fingerprint density at radius 3 is 1.72 bits per heavy atom. The molecule has 0 aliphatic rings. The second-order valence-corrected chi connectivity index (χ2v) is 10.9. The van der Waals surface area contributed by atoms with Crippen molar-refractivity contribution in [2.45, 2.75) is 71.3 Å². The lowest BCUT2D eigenvalue weighted by atomic mass is 9.84. The van der Waals surface area contributed by atoms with E-state index in [-0.39, 0.29) is 25.6 Å². The number of hydrogen-bond donors (Lipinski definition) is 1. The third-order valence-electron chi connectivity index (χ3n) is 6.04. The van der Waals surface area contributed by atoms with Crippen LogP contribution < -0.4 is 5.32 Å². The van der Waals surface area contributed by atoms with Gasteiger partial charge in [0, 0.05) is 6.42 Å². The van der Waals surface area contributed by atoms with Gasteiger partial charge in [0.1, 0.15) is 24.9 Å². The molecule has 1 atom stereocenters. The molecule has 0 aliphatic heterocycles. The summed E-state index contributed by atoms with van der Waals surface area (Å²) in [7, 11) is 0. The summed E-state index contributed by atoms with van der Waals surface area (Å²) in [6.45, 7) is 9.16. The molecule has 0 saturated heterocycles. The van der Waals surface area contributed by atoms with Crippen molar-refractivity contribution < 1.29 is 28.6 Å². The molecular weight excluding hydrogens is 494 g/mol. The van der Waals surface area contributed by atoms with Gasteiger partial charge in [-0.15, -0.1) is 0 Å². The lowest BCUT2D eigenvalue weighted by Gasteiger charge is -2.24. The van der Waals surface area contributed by atoms with Crippen molar-refractivity contribution in [3.63, 3.8) is 0 Å². The molecule has 0 spiro atoms. The summed E-state index contributed by atoms with van der Waals surface area (Å²) in [5.74, 6) is -0.910. The van der Waals surface area contributed by atoms with E-state index >= 15 is 0 Å². The highest BCUT2D eigenvalue weighted by atomic mass is 16.6. The average molecular weight is 532 g/mol. The summed E-state index contributed by atoms with van der Waals surface area (Å²) in [5, 5.41) is 2.64. The largest absolute Gasteiger partial charge is 0.460 e. The van der Waals surface area contributed by atoms with Crippen LogP contribution in [0.3, 0.4) is 0 Å². The lowest BCUT2D eigenvalue weighted by molar-refractivity contribution is -0.150. The van der Waals surface area contributed by atoms with E-state index in [0.29, 0.717) is 0 Å². The van der Waals surface area contributed by atoms with Crippen LogP contribution in [0, 0.1) is 0 Å². The number of nitrogens with one attached hydrogen (secondary N) is 1. The van der Waals surface area contributed by atoms with Crippen LogP contribution in [0.25, 0.3) is 0 Å². The fourth-order valence-corrected chi connectivity index (χ4v) is 3.79. The average Bonchev–Trinajstić information content (AvgIpc) is 2.90. The number of alkyl carbamates (subject to hydrolysis) is 1. The van der Waals surface area contributed by atoms with Crippen molar-refractivity contribution in [3.05, 3.63) is 107 Å². The standard InChI is InChI=1S/C32H37NO6/c1-31(2,3)39-30(36)33-27(28(34)37-21-24-12-8-6-9-13-24)20-23-16-18-26(19-17-23)32(4,5)29(35)38-22-25-14-10-7-11-15-25/h6-19,27H,20-22H2,1-5H3,(H,33,36)/t27-/m0/s1. The molecule has 0 aliphatic carbocycles. The Bertz CT molecular complexity index is 1230. The van der Waals surface area contributed by atoms with Gasteiger partial charge in [0.25, 0.3) is 0 Å². The molecule has 1 N–H and O–H groups in total. The maximum atomic E-state index is 13.0. The first kappa shape index (κ1) is 29.4. The molecule has 3 aromatic rings. The van der Waals surface area contributed by atoms with Crippen LogP contribution in [0.15, 0.2) is 84.9 Å². The molecular formula is C32H37NO6. The van der Waals surface area contributed by atoms with Crippen LogP contribution in [0.4, 0.5) is 4.79 Å². The summed E-state index contributed by atoms with van der Waals surface area (Å²) in [6, 6.07) is 25.2. The summed E-state index contributed by atoms with van der Waals surface area (Å²) < 4.78 is 16.4. The van der Waals surface area contributed by atoms with E-state index in [1.165, 1.54) is 0 Å². The second kappa shape index (κ2) is 13.1. The van der Waals surface area contributed by atoms with E-state index in [0.717, 1.165) is 22.3 Å². The molecule has 0 saturated carbocycles. The SMILES string of the molecule is CC(C)(C)OC(=O)N[C@@H](Cc1ccc(C(C)(C)C(=O)OCc2ccccc2)cc1)C(=O)OCc1ccccc1. The van der Waals surface area contributed by atoms with Gasteiger partial charge in [0.15, 0.2) is 0 Å². The molecule has 0 fully saturated rings. The zero-order valence-corrected chi connectivity index (χ0v) is 23.2. The van der Waals surface area contributed by atoms with Crippen molar-refractivity contribution in [1.29, 1.82) is 0 Å². The van der Waals surface area contributed by atoms with E-state index in [2.05, 4.69) is 5.32 Å². The maximum Gasteiger partial charge on any atom is 0.408 e. The van der Waals surface area contributed by atoms with Gasteiger partial charge in [-0.3, -0.25) is 4.79 Å². The smallest absolute Gasteiger partial charge is 0.408 e. The first-order valence-electron chi connectivity index (χ1n) is 12.9. The van der Waals surface area contributed by atoms with Gasteiger partial charge in [-0.05, 0) is 56.9 Å². The molecule has 0 unspecified atom stereocenters. The van der Waals surface area contributed by atoms with Crippen LogP contribution in [-0.2, 0) is 48.8 Å². The van der Waals surface area contributed by atoms with Gasteiger partial charge in [-0.25, -0.2) is 9.59 Å². The van der Waals surface area contributed by atoms with Crippen LogP contribution in [0.2, 0.25) is 0 Å². The summed E-state index contributed by atoms with van der Waals surface area (Å²) in [4.78, 5) is 38.3. The summed E-state index contributed by atoms with van der Waals surface area (Å²) in [6.07, 6.45) is -0.519. The van der Waals surface area contributed by atoms with Gasteiger partial charge in [0.05, 0.1) is 5.41 Å². The highest BCUT2D eigenvalue weighted by Crippen LogP contribution is 2.26. The predicted molar refractivity (Wildman–Crippen MR) is 149 cm³/mol. The van der Waals surface area contributed by atoms with Gasteiger partial charge in [-0.2, -0.15) is 0 Å². The number of rotatable bonds is 10. The molecule has 206 valence electrons. The first-order valence-corrected chi connectivity index (χ1v) is 12.9. The Morgan fingerprint density at radius 2 is 1.21 bits per heavy atom. The minimum atomic E-state index is -0.960. The lowest BCUT2D eigenvalue weighted by Crippen LogP contribution is -2.45. The van der Waals surface area contributed by atoms with Gasteiger partial charge in [-0.1, -0.05) is 84.9 Å². The predicted octanol–water partition coefficient (Wildman–Crippen LogP) is 5.89. The fourth-order valence-electron chi connectivity index (χ4n) is 3.79. The third kappa shape index (κ3) is 9.28. The summed E-state index contributed by atoms with van der Waals surface area (Å²) in [5.41, 5.74) is 1.71. The topological polar surface area (TPSA) is 90.9 Å². The normalized spacial score (nSPS) is 12.2. The van der Waals surface area contributed by atoms with Crippen molar-refractivity contribution in [1.82, 2.24) is 5.32 Å². The number of carbonyl (C=O) groups is 3. The molecule has 0 heterocycles. The Hall–Kier alpha value is -4.13. The van der Waals surface area contributed by atoms with Crippen molar-refractivity contribution in [2.24, 2.45) is 0 Å². The maximum absolute atomic E-state index is 13.0. The first-order chi connectivity index (χ1) is 18.4. The molecule has 0 bridgehead atoms. The second-order valence-electron chi connectivity index (χ2n) is 10.9. The minimum absolute atomic E-state index is 0.0877. The zero-order chi connectivity index (χ0) is 28.5. The quantitative estimate of drug-likeness (QED) is 0.259. The fraction of sp³-hybridized carbons (Fsp3) is 0.344. The highest BCUT2D eigenvalue weighted by molar-refractivity contribution is 5.83. The van der Waals surface area contributed by atoms with Gasteiger partial charge < -0.3 is 19.5 Å². The van der Waals surface area contributed by atoms with Gasteiger partial charge >= 0.3 is 18.0 Å². The van der Waals surface area contributed by atoms with E-state index in [4.69, 9.17) is 14.2 Å². The number of benzene rings is 3.